The van der Waals surface area contributed by atoms with E-state index in [1.807, 2.05) is 73.7 Å². The normalized spacial score (nSPS) is 13.2. The molecule has 0 spiro atoms. The van der Waals surface area contributed by atoms with Crippen LogP contribution in [0.2, 0.25) is 0 Å². The van der Waals surface area contributed by atoms with Crippen LogP contribution >= 0.6 is 0 Å². The molecule has 188 valence electrons. The van der Waals surface area contributed by atoms with Gasteiger partial charge in [-0.15, -0.1) is 0 Å². The Kier molecular flexibility index (Phi) is 7.55. The predicted molar refractivity (Wildman–Crippen MR) is 149 cm³/mol. The summed E-state index contributed by atoms with van der Waals surface area (Å²) >= 11 is 0. The summed E-state index contributed by atoms with van der Waals surface area (Å²) in [7, 11) is 0. The number of nitrogens with zero attached hydrogens (tertiary/aromatic N) is 2. The second-order valence-corrected chi connectivity index (χ2v) is 9.12. The number of carbonyl (C=O) groups is 1. The molecular formula is C31H31N3O3. The van der Waals surface area contributed by atoms with E-state index in [0.29, 0.717) is 18.0 Å². The molecule has 5 rings (SSSR count). The second-order valence-electron chi connectivity index (χ2n) is 9.12. The molecule has 0 radical (unpaired) electrons. The molecule has 1 amide bonds. The highest BCUT2D eigenvalue weighted by atomic mass is 16.6. The number of benzene rings is 4. The largest absolute Gasteiger partial charge is 0.489 e. The summed E-state index contributed by atoms with van der Waals surface area (Å²) in [4.78, 5) is 17.0. The number of nitrogens with one attached hydrogen (secondary N) is 1. The smallest absolute Gasteiger partial charge is 0.417 e. The molecule has 0 aliphatic carbocycles. The number of hydrogen-bond donors (Lipinski definition) is 1. The number of ether oxygens (including phenoxy) is 2. The van der Waals surface area contributed by atoms with E-state index in [9.17, 15) is 4.79 Å². The first-order chi connectivity index (χ1) is 18.1. The van der Waals surface area contributed by atoms with Crippen LogP contribution in [-0.4, -0.2) is 32.3 Å². The zero-order valence-corrected chi connectivity index (χ0v) is 21.0. The maximum absolute atomic E-state index is 12.2. The summed E-state index contributed by atoms with van der Waals surface area (Å²) in [5.74, 6) is 1.40. The predicted octanol–water partition coefficient (Wildman–Crippen LogP) is 6.51. The van der Waals surface area contributed by atoms with Crippen molar-refractivity contribution in [3.05, 3.63) is 114 Å². The van der Waals surface area contributed by atoms with Gasteiger partial charge in [0.15, 0.2) is 0 Å². The minimum atomic E-state index is -0.498. The zero-order valence-electron chi connectivity index (χ0n) is 21.0. The Morgan fingerprint density at radius 2 is 1.24 bits per heavy atom. The molecule has 6 nitrogen and oxygen atoms in total. The fraction of sp³-hybridized carbons (Fsp3) is 0.194. The lowest BCUT2D eigenvalue weighted by atomic mass is 10.2. The lowest BCUT2D eigenvalue weighted by molar-refractivity contribution is 0.215. The maximum Gasteiger partial charge on any atom is 0.417 e. The van der Waals surface area contributed by atoms with Gasteiger partial charge in [-0.1, -0.05) is 48.0 Å². The summed E-state index contributed by atoms with van der Waals surface area (Å²) in [6.45, 7) is 6.29. The lowest BCUT2D eigenvalue weighted by Crippen LogP contribution is -2.46. The van der Waals surface area contributed by atoms with Crippen molar-refractivity contribution in [2.75, 3.05) is 41.3 Å². The highest BCUT2D eigenvalue weighted by Gasteiger charge is 2.18. The molecule has 0 saturated carbocycles. The van der Waals surface area contributed by atoms with Gasteiger partial charge in [-0.05, 0) is 73.2 Å². The van der Waals surface area contributed by atoms with Crippen molar-refractivity contribution in [1.82, 2.24) is 0 Å². The molecule has 0 aromatic heterocycles. The lowest BCUT2D eigenvalue weighted by Gasteiger charge is -2.37. The van der Waals surface area contributed by atoms with E-state index in [-0.39, 0.29) is 0 Å². The summed E-state index contributed by atoms with van der Waals surface area (Å²) in [6, 6.07) is 33.8. The molecule has 6 heteroatoms. The number of piperazine rings is 1. The molecule has 0 atom stereocenters. The number of anilines is 3. The van der Waals surface area contributed by atoms with Crippen molar-refractivity contribution in [2.45, 2.75) is 13.5 Å². The number of hydrogen-bond acceptors (Lipinski definition) is 5. The Morgan fingerprint density at radius 3 is 1.84 bits per heavy atom. The number of amides is 1. The topological polar surface area (TPSA) is 54.0 Å². The van der Waals surface area contributed by atoms with Crippen LogP contribution in [0.4, 0.5) is 21.9 Å². The van der Waals surface area contributed by atoms with E-state index in [1.165, 1.54) is 5.69 Å². The van der Waals surface area contributed by atoms with Crippen molar-refractivity contribution in [3.8, 4) is 11.5 Å². The van der Waals surface area contributed by atoms with Gasteiger partial charge in [-0.25, -0.2) is 4.79 Å². The van der Waals surface area contributed by atoms with Crippen molar-refractivity contribution in [2.24, 2.45) is 0 Å². The van der Waals surface area contributed by atoms with Crippen LogP contribution in [0.3, 0.4) is 0 Å². The second kappa shape index (κ2) is 11.5. The van der Waals surface area contributed by atoms with Crippen LogP contribution in [0.25, 0.3) is 0 Å². The van der Waals surface area contributed by atoms with Crippen LogP contribution in [0.15, 0.2) is 103 Å². The van der Waals surface area contributed by atoms with Gasteiger partial charge in [0.05, 0.1) is 0 Å². The molecule has 0 unspecified atom stereocenters. The number of aryl methyl sites for hydroxylation is 1. The van der Waals surface area contributed by atoms with Gasteiger partial charge >= 0.3 is 6.09 Å². The van der Waals surface area contributed by atoms with Crippen LogP contribution in [0.5, 0.6) is 11.5 Å². The molecular weight excluding hydrogens is 462 g/mol. The van der Waals surface area contributed by atoms with Gasteiger partial charge in [0, 0.05) is 43.2 Å². The Morgan fingerprint density at radius 1 is 0.703 bits per heavy atom. The SMILES string of the molecule is Cc1ccc(OC(=O)Nc2ccc(N3CCN(c4ccc(OCc5ccccc5)cc4)CC3)cc2)cc1. The molecule has 0 bridgehead atoms. The number of rotatable bonds is 7. The molecule has 4 aromatic rings. The fourth-order valence-corrected chi connectivity index (χ4v) is 4.33. The molecule has 1 fully saturated rings. The summed E-state index contributed by atoms with van der Waals surface area (Å²) in [6.07, 6.45) is -0.498. The first kappa shape index (κ1) is 24.3. The van der Waals surface area contributed by atoms with Crippen LogP contribution in [0, 0.1) is 6.92 Å². The Balaban J connectivity index is 1.09. The first-order valence-corrected chi connectivity index (χ1v) is 12.5. The Bertz CT molecular complexity index is 1280. The third-order valence-corrected chi connectivity index (χ3v) is 6.44. The standard InChI is InChI=1S/C31H31N3O3/c1-24-7-15-30(16-8-24)37-31(35)32-26-9-11-27(12-10-26)33-19-21-34(22-20-33)28-13-17-29(18-14-28)36-23-25-5-3-2-4-6-25/h2-18H,19-23H2,1H3,(H,32,35). The Hall–Kier alpha value is -4.45. The van der Waals surface area contributed by atoms with Crippen LogP contribution in [-0.2, 0) is 6.61 Å². The van der Waals surface area contributed by atoms with Crippen molar-refractivity contribution < 1.29 is 14.3 Å². The third kappa shape index (κ3) is 6.61. The fourth-order valence-electron chi connectivity index (χ4n) is 4.33. The monoisotopic (exact) mass is 493 g/mol. The minimum absolute atomic E-state index is 0.498. The molecule has 1 N–H and O–H groups in total. The van der Waals surface area contributed by atoms with Crippen LogP contribution < -0.4 is 24.6 Å². The summed E-state index contributed by atoms with van der Waals surface area (Å²) in [5, 5.41) is 2.79. The third-order valence-electron chi connectivity index (χ3n) is 6.44. The maximum atomic E-state index is 12.2. The van der Waals surface area contributed by atoms with E-state index in [0.717, 1.165) is 48.7 Å². The Labute approximate surface area is 218 Å². The highest BCUT2D eigenvalue weighted by Crippen LogP contribution is 2.24. The van der Waals surface area contributed by atoms with E-state index in [2.05, 4.69) is 39.4 Å². The van der Waals surface area contributed by atoms with E-state index in [1.54, 1.807) is 12.1 Å². The molecule has 1 aliphatic rings. The summed E-state index contributed by atoms with van der Waals surface area (Å²) < 4.78 is 11.3. The van der Waals surface area contributed by atoms with E-state index >= 15 is 0 Å². The zero-order chi connectivity index (χ0) is 25.5. The van der Waals surface area contributed by atoms with Crippen molar-refractivity contribution in [3.63, 3.8) is 0 Å². The van der Waals surface area contributed by atoms with Gasteiger partial charge in [0.25, 0.3) is 0 Å². The average molecular weight is 494 g/mol. The van der Waals surface area contributed by atoms with Gasteiger partial charge in [-0.2, -0.15) is 0 Å². The van der Waals surface area contributed by atoms with Gasteiger partial charge in [0.2, 0.25) is 0 Å². The highest BCUT2D eigenvalue weighted by molar-refractivity contribution is 5.86. The minimum Gasteiger partial charge on any atom is -0.489 e. The van der Waals surface area contributed by atoms with E-state index < -0.39 is 6.09 Å². The van der Waals surface area contributed by atoms with Gasteiger partial charge in [0.1, 0.15) is 18.1 Å². The molecule has 1 heterocycles. The number of carbonyl (C=O) groups excluding carboxylic acids is 1. The first-order valence-electron chi connectivity index (χ1n) is 12.5. The van der Waals surface area contributed by atoms with Crippen molar-refractivity contribution >= 4 is 23.2 Å². The molecule has 37 heavy (non-hydrogen) atoms. The van der Waals surface area contributed by atoms with E-state index in [4.69, 9.17) is 9.47 Å². The van der Waals surface area contributed by atoms with Gasteiger partial charge < -0.3 is 19.3 Å². The quantitative estimate of drug-likeness (QED) is 0.318. The van der Waals surface area contributed by atoms with Crippen LogP contribution in [0.1, 0.15) is 11.1 Å². The van der Waals surface area contributed by atoms with Crippen molar-refractivity contribution in [1.29, 1.82) is 0 Å². The average Bonchev–Trinajstić information content (AvgIpc) is 2.95. The summed E-state index contributed by atoms with van der Waals surface area (Å²) in [5.41, 5.74) is 5.33. The van der Waals surface area contributed by atoms with Gasteiger partial charge in [-0.3, -0.25) is 5.32 Å². The molecule has 4 aromatic carbocycles. The molecule has 1 saturated heterocycles. The molecule has 1 aliphatic heterocycles.